The second kappa shape index (κ2) is 6.42. The fourth-order valence-electron chi connectivity index (χ4n) is 2.19. The van der Waals surface area contributed by atoms with Crippen molar-refractivity contribution in [2.75, 3.05) is 18.5 Å². The van der Waals surface area contributed by atoms with Crippen molar-refractivity contribution in [3.63, 3.8) is 0 Å². The van der Waals surface area contributed by atoms with Crippen molar-refractivity contribution in [1.82, 2.24) is 0 Å². The number of hydrogen-bond donors (Lipinski definition) is 0. The Morgan fingerprint density at radius 1 is 0.947 bits per heavy atom. The van der Waals surface area contributed by atoms with Crippen LogP contribution in [0.1, 0.15) is 25.3 Å². The van der Waals surface area contributed by atoms with Gasteiger partial charge in [0.1, 0.15) is 0 Å². The van der Waals surface area contributed by atoms with Crippen LogP contribution in [-0.2, 0) is 0 Å². The molecule has 0 spiro atoms. The van der Waals surface area contributed by atoms with E-state index in [1.165, 1.54) is 35.2 Å². The van der Waals surface area contributed by atoms with E-state index in [4.69, 9.17) is 0 Å². The number of nitrogens with zero attached hydrogens (tertiary/aromatic N) is 1. The van der Waals surface area contributed by atoms with Gasteiger partial charge < -0.3 is 4.90 Å². The van der Waals surface area contributed by atoms with Gasteiger partial charge >= 0.3 is 0 Å². The van der Waals surface area contributed by atoms with Crippen molar-refractivity contribution in [3.05, 3.63) is 54.1 Å². The SMILES string of the molecule is CCCCN(C)c1cccc(-c2ccc(C)cc2)c1. The number of hydrogen-bond acceptors (Lipinski definition) is 1. The van der Waals surface area contributed by atoms with Crippen molar-refractivity contribution in [3.8, 4) is 11.1 Å². The molecule has 0 saturated heterocycles. The summed E-state index contributed by atoms with van der Waals surface area (Å²) in [4.78, 5) is 2.33. The lowest BCUT2D eigenvalue weighted by Crippen LogP contribution is -2.18. The molecule has 0 unspecified atom stereocenters. The van der Waals surface area contributed by atoms with Crippen LogP contribution in [0.4, 0.5) is 5.69 Å². The molecule has 0 atom stereocenters. The molecular formula is C18H23N. The van der Waals surface area contributed by atoms with Gasteiger partial charge in [0.05, 0.1) is 0 Å². The zero-order valence-corrected chi connectivity index (χ0v) is 12.2. The van der Waals surface area contributed by atoms with Gasteiger partial charge in [-0.2, -0.15) is 0 Å². The molecule has 2 aromatic rings. The summed E-state index contributed by atoms with van der Waals surface area (Å²) in [5.74, 6) is 0. The van der Waals surface area contributed by atoms with Crippen LogP contribution in [0.15, 0.2) is 48.5 Å². The molecule has 0 aliphatic carbocycles. The van der Waals surface area contributed by atoms with Crippen LogP contribution in [0.25, 0.3) is 11.1 Å². The van der Waals surface area contributed by atoms with Crippen LogP contribution in [0.3, 0.4) is 0 Å². The maximum absolute atomic E-state index is 2.33. The Morgan fingerprint density at radius 2 is 1.68 bits per heavy atom. The topological polar surface area (TPSA) is 3.24 Å². The highest BCUT2D eigenvalue weighted by Gasteiger charge is 2.03. The molecule has 0 aliphatic rings. The average molecular weight is 253 g/mol. The molecule has 0 heterocycles. The molecular weight excluding hydrogens is 230 g/mol. The third-order valence-electron chi connectivity index (χ3n) is 3.52. The van der Waals surface area contributed by atoms with E-state index < -0.39 is 0 Å². The van der Waals surface area contributed by atoms with Gasteiger partial charge in [0.25, 0.3) is 0 Å². The van der Waals surface area contributed by atoms with Crippen molar-refractivity contribution < 1.29 is 0 Å². The molecule has 0 aliphatic heterocycles. The number of anilines is 1. The van der Waals surface area contributed by atoms with E-state index in [9.17, 15) is 0 Å². The summed E-state index contributed by atoms with van der Waals surface area (Å²) >= 11 is 0. The van der Waals surface area contributed by atoms with Gasteiger partial charge in [-0.1, -0.05) is 55.3 Å². The highest BCUT2D eigenvalue weighted by atomic mass is 15.1. The largest absolute Gasteiger partial charge is 0.375 e. The molecule has 100 valence electrons. The monoisotopic (exact) mass is 253 g/mol. The van der Waals surface area contributed by atoms with Gasteiger partial charge in [0.2, 0.25) is 0 Å². The highest BCUT2D eigenvalue weighted by molar-refractivity contribution is 5.68. The summed E-state index contributed by atoms with van der Waals surface area (Å²) in [7, 11) is 2.17. The summed E-state index contributed by atoms with van der Waals surface area (Å²) in [6.45, 7) is 5.48. The third-order valence-corrected chi connectivity index (χ3v) is 3.52. The van der Waals surface area contributed by atoms with Gasteiger partial charge in [0, 0.05) is 19.3 Å². The molecule has 1 heteroatoms. The number of unbranched alkanes of at least 4 members (excludes halogenated alkanes) is 1. The number of benzene rings is 2. The molecule has 0 amide bonds. The normalized spacial score (nSPS) is 10.5. The Bertz CT molecular complexity index is 513. The second-order valence-electron chi connectivity index (χ2n) is 5.19. The predicted molar refractivity (Wildman–Crippen MR) is 84.8 cm³/mol. The molecule has 2 aromatic carbocycles. The van der Waals surface area contributed by atoms with E-state index in [-0.39, 0.29) is 0 Å². The van der Waals surface area contributed by atoms with E-state index >= 15 is 0 Å². The quantitative estimate of drug-likeness (QED) is 0.732. The molecule has 0 bridgehead atoms. The van der Waals surface area contributed by atoms with Crippen LogP contribution < -0.4 is 4.90 Å². The molecule has 0 aromatic heterocycles. The van der Waals surface area contributed by atoms with E-state index in [1.807, 2.05) is 0 Å². The fourth-order valence-corrected chi connectivity index (χ4v) is 2.19. The Balaban J connectivity index is 2.21. The van der Waals surface area contributed by atoms with Crippen LogP contribution >= 0.6 is 0 Å². The van der Waals surface area contributed by atoms with Gasteiger partial charge in [-0.05, 0) is 36.6 Å². The van der Waals surface area contributed by atoms with Crippen molar-refractivity contribution in [1.29, 1.82) is 0 Å². The summed E-state index contributed by atoms with van der Waals surface area (Å²) < 4.78 is 0. The van der Waals surface area contributed by atoms with Crippen LogP contribution in [0.5, 0.6) is 0 Å². The summed E-state index contributed by atoms with van der Waals surface area (Å²) in [6, 6.07) is 17.5. The molecule has 0 N–H and O–H groups in total. The van der Waals surface area contributed by atoms with Gasteiger partial charge in [-0.15, -0.1) is 0 Å². The Labute approximate surface area is 116 Å². The Morgan fingerprint density at radius 3 is 2.37 bits per heavy atom. The lowest BCUT2D eigenvalue weighted by atomic mass is 10.0. The lowest BCUT2D eigenvalue weighted by Gasteiger charge is -2.19. The minimum Gasteiger partial charge on any atom is -0.375 e. The van der Waals surface area contributed by atoms with Crippen LogP contribution in [0, 0.1) is 6.92 Å². The van der Waals surface area contributed by atoms with Gasteiger partial charge in [-0.25, -0.2) is 0 Å². The van der Waals surface area contributed by atoms with Gasteiger partial charge in [0.15, 0.2) is 0 Å². The molecule has 0 fully saturated rings. The van der Waals surface area contributed by atoms with E-state index in [2.05, 4.69) is 74.3 Å². The third kappa shape index (κ3) is 3.60. The number of aryl methyl sites for hydroxylation is 1. The maximum atomic E-state index is 2.33. The first-order valence-electron chi connectivity index (χ1n) is 7.09. The summed E-state index contributed by atoms with van der Waals surface area (Å²) in [6.07, 6.45) is 2.48. The van der Waals surface area contributed by atoms with Crippen molar-refractivity contribution in [2.45, 2.75) is 26.7 Å². The molecule has 0 radical (unpaired) electrons. The summed E-state index contributed by atoms with van der Waals surface area (Å²) in [5, 5.41) is 0. The second-order valence-corrected chi connectivity index (χ2v) is 5.19. The number of rotatable bonds is 5. The first kappa shape index (κ1) is 13.7. The maximum Gasteiger partial charge on any atom is 0.0369 e. The van der Waals surface area contributed by atoms with E-state index in [0.29, 0.717) is 0 Å². The predicted octanol–water partition coefficient (Wildman–Crippen LogP) is 4.90. The van der Waals surface area contributed by atoms with Crippen LogP contribution in [-0.4, -0.2) is 13.6 Å². The van der Waals surface area contributed by atoms with Crippen molar-refractivity contribution in [2.24, 2.45) is 0 Å². The first-order valence-corrected chi connectivity index (χ1v) is 7.09. The average Bonchev–Trinajstić information content (AvgIpc) is 2.45. The lowest BCUT2D eigenvalue weighted by molar-refractivity contribution is 0.767. The fraction of sp³-hybridized carbons (Fsp3) is 0.333. The zero-order chi connectivity index (χ0) is 13.7. The van der Waals surface area contributed by atoms with Gasteiger partial charge in [-0.3, -0.25) is 0 Å². The van der Waals surface area contributed by atoms with Crippen molar-refractivity contribution >= 4 is 5.69 Å². The van der Waals surface area contributed by atoms with E-state index in [1.54, 1.807) is 0 Å². The minimum atomic E-state index is 1.12. The summed E-state index contributed by atoms with van der Waals surface area (Å²) in [5.41, 5.74) is 5.18. The first-order chi connectivity index (χ1) is 9.20. The highest BCUT2D eigenvalue weighted by Crippen LogP contribution is 2.24. The molecule has 2 rings (SSSR count). The van der Waals surface area contributed by atoms with E-state index in [0.717, 1.165) is 6.54 Å². The standard InChI is InChI=1S/C18H23N/c1-4-5-13-19(3)18-8-6-7-17(14-18)16-11-9-15(2)10-12-16/h6-12,14H,4-5,13H2,1-3H3. The molecule has 0 saturated carbocycles. The zero-order valence-electron chi connectivity index (χ0n) is 12.2. The smallest absolute Gasteiger partial charge is 0.0369 e. The van der Waals surface area contributed by atoms with Crippen LogP contribution in [0.2, 0.25) is 0 Å². The molecule has 1 nitrogen and oxygen atoms in total. The Kier molecular flexibility index (Phi) is 4.62. The Hall–Kier alpha value is -1.76. The molecule has 19 heavy (non-hydrogen) atoms. The minimum absolute atomic E-state index is 1.12.